The molecule has 3 heteroatoms. The maximum atomic E-state index is 13.4. The summed E-state index contributed by atoms with van der Waals surface area (Å²) in [5.74, 6) is 1.42. The lowest BCUT2D eigenvalue weighted by Crippen LogP contribution is -2.61. The highest BCUT2D eigenvalue weighted by Gasteiger charge is 2.65. The minimum Gasteiger partial charge on any atom is -0.393 e. The molecule has 2 unspecified atom stereocenters. The number of aliphatic hydroxyl groups is 1. The molecule has 0 spiro atoms. The molecule has 25 heavy (non-hydrogen) atoms. The molecule has 138 valence electrons. The fourth-order valence-electron chi connectivity index (χ4n) is 7.83. The van der Waals surface area contributed by atoms with Crippen LogP contribution in [0.25, 0.3) is 0 Å². The van der Waals surface area contributed by atoms with E-state index in [9.17, 15) is 14.7 Å². The Balaban J connectivity index is 1.76. The van der Waals surface area contributed by atoms with Crippen LogP contribution in [-0.2, 0) is 9.59 Å². The van der Waals surface area contributed by atoms with E-state index in [1.165, 1.54) is 0 Å². The fourth-order valence-corrected chi connectivity index (χ4v) is 7.83. The molecule has 0 aromatic heterocycles. The molecule has 0 bridgehead atoms. The van der Waals surface area contributed by atoms with Gasteiger partial charge in [0.05, 0.1) is 6.10 Å². The fraction of sp³-hybridized carbons (Fsp3) is 0.818. The van der Waals surface area contributed by atoms with Gasteiger partial charge in [0.1, 0.15) is 11.6 Å². The lowest BCUT2D eigenvalue weighted by molar-refractivity contribution is -0.176. The first-order valence-corrected chi connectivity index (χ1v) is 10.1. The van der Waals surface area contributed by atoms with Gasteiger partial charge in [-0.15, -0.1) is 0 Å². The maximum Gasteiger partial charge on any atom is 0.137 e. The second-order valence-corrected chi connectivity index (χ2v) is 9.89. The summed E-state index contributed by atoms with van der Waals surface area (Å²) in [5, 5.41) is 10.9. The summed E-state index contributed by atoms with van der Waals surface area (Å²) in [6.45, 7) is 10.2. The number of carbonyl (C=O) groups is 2. The molecule has 4 aliphatic rings. The first-order valence-electron chi connectivity index (χ1n) is 10.1. The largest absolute Gasteiger partial charge is 0.393 e. The third-order valence-corrected chi connectivity index (χ3v) is 8.80. The number of aliphatic hydroxyl groups excluding tert-OH is 1. The summed E-state index contributed by atoms with van der Waals surface area (Å²) < 4.78 is 0. The molecule has 0 aromatic rings. The molecule has 8 atom stereocenters. The van der Waals surface area contributed by atoms with Crippen molar-refractivity contribution in [1.29, 1.82) is 0 Å². The maximum absolute atomic E-state index is 13.4. The van der Waals surface area contributed by atoms with Crippen molar-refractivity contribution in [2.24, 2.45) is 40.4 Å². The van der Waals surface area contributed by atoms with Crippen LogP contribution in [0.1, 0.15) is 65.7 Å². The molecule has 4 fully saturated rings. The van der Waals surface area contributed by atoms with Crippen LogP contribution in [0.4, 0.5) is 0 Å². The number of rotatable bonds is 1. The third-order valence-electron chi connectivity index (χ3n) is 8.80. The van der Waals surface area contributed by atoms with E-state index in [0.29, 0.717) is 30.0 Å². The Morgan fingerprint density at radius 1 is 1.20 bits per heavy atom. The highest BCUT2D eigenvalue weighted by molar-refractivity contribution is 5.88. The lowest BCUT2D eigenvalue weighted by Gasteiger charge is -2.60. The van der Waals surface area contributed by atoms with Crippen LogP contribution < -0.4 is 0 Å². The highest BCUT2D eigenvalue weighted by atomic mass is 16.3. The van der Waals surface area contributed by atoms with E-state index in [1.807, 2.05) is 0 Å². The van der Waals surface area contributed by atoms with E-state index >= 15 is 0 Å². The molecule has 4 rings (SSSR count). The Morgan fingerprint density at radius 2 is 1.92 bits per heavy atom. The van der Waals surface area contributed by atoms with Crippen LogP contribution in [0, 0.1) is 40.4 Å². The molecule has 0 aromatic carbocycles. The van der Waals surface area contributed by atoms with Crippen molar-refractivity contribution in [3.05, 3.63) is 12.2 Å². The molecular weight excluding hydrogens is 312 g/mol. The van der Waals surface area contributed by atoms with Gasteiger partial charge in [-0.2, -0.15) is 0 Å². The summed E-state index contributed by atoms with van der Waals surface area (Å²) in [6.07, 6.45) is 6.25. The SMILES string of the molecule is C=C1C[C@H]2[C@@H]3CCC4CCCC(O)[C@]4(C)[C@H]3C(=O)C[C@]2(C)[C@@H]1C(C)=O. The molecule has 0 aliphatic heterocycles. The van der Waals surface area contributed by atoms with Crippen LogP contribution in [0.15, 0.2) is 12.2 Å². The summed E-state index contributed by atoms with van der Waals surface area (Å²) in [7, 11) is 0. The number of hydrogen-bond donors (Lipinski definition) is 1. The number of hydrogen-bond acceptors (Lipinski definition) is 3. The van der Waals surface area contributed by atoms with Gasteiger partial charge in [0.25, 0.3) is 0 Å². The number of Topliss-reactive ketones (excluding diaryl/α,β-unsaturated/α-hetero) is 2. The zero-order valence-corrected chi connectivity index (χ0v) is 15.9. The van der Waals surface area contributed by atoms with Gasteiger partial charge in [-0.1, -0.05) is 32.4 Å². The molecule has 4 saturated carbocycles. The molecule has 3 nitrogen and oxygen atoms in total. The number of ketones is 2. The summed E-state index contributed by atoms with van der Waals surface area (Å²) in [6, 6.07) is 0. The Bertz CT molecular complexity index is 637. The predicted molar refractivity (Wildman–Crippen MR) is 96.8 cm³/mol. The Labute approximate surface area is 151 Å². The molecule has 0 radical (unpaired) electrons. The van der Waals surface area contributed by atoms with Gasteiger partial charge >= 0.3 is 0 Å². The van der Waals surface area contributed by atoms with Crippen LogP contribution in [-0.4, -0.2) is 22.8 Å². The van der Waals surface area contributed by atoms with Crippen molar-refractivity contribution in [3.8, 4) is 0 Å². The van der Waals surface area contributed by atoms with Crippen molar-refractivity contribution in [1.82, 2.24) is 0 Å². The number of carbonyl (C=O) groups excluding carboxylic acids is 2. The second kappa shape index (κ2) is 5.52. The standard InChI is InChI=1S/C22H32O3/c1-12-10-16-15-9-8-14-6-5-7-18(25)22(14,4)20(15)17(24)11-21(16,3)19(12)13(2)23/h14-16,18-20,25H,1,5-11H2,2-4H3/t14?,15-,16-,18?,19-,20+,21-,22+/m0/s1. The van der Waals surface area contributed by atoms with Crippen LogP contribution >= 0.6 is 0 Å². The molecule has 0 saturated heterocycles. The summed E-state index contributed by atoms with van der Waals surface area (Å²) in [4.78, 5) is 25.7. The monoisotopic (exact) mass is 344 g/mol. The van der Waals surface area contributed by atoms with Crippen LogP contribution in [0.5, 0.6) is 0 Å². The predicted octanol–water partition coefficient (Wildman–Crippen LogP) is 3.94. The summed E-state index contributed by atoms with van der Waals surface area (Å²) in [5.41, 5.74) is 0.504. The van der Waals surface area contributed by atoms with Gasteiger partial charge in [-0.25, -0.2) is 0 Å². The first kappa shape index (κ1) is 17.5. The van der Waals surface area contributed by atoms with Crippen LogP contribution in [0.3, 0.4) is 0 Å². The van der Waals surface area contributed by atoms with Gasteiger partial charge in [0.2, 0.25) is 0 Å². The average molecular weight is 344 g/mol. The van der Waals surface area contributed by atoms with E-state index in [2.05, 4.69) is 20.4 Å². The molecular formula is C22H32O3. The van der Waals surface area contributed by atoms with E-state index in [0.717, 1.165) is 44.1 Å². The Kier molecular flexibility index (Phi) is 3.85. The topological polar surface area (TPSA) is 54.4 Å². The zero-order valence-electron chi connectivity index (χ0n) is 15.9. The molecule has 0 heterocycles. The smallest absolute Gasteiger partial charge is 0.137 e. The molecule has 1 N–H and O–H groups in total. The normalized spacial score (nSPS) is 52.3. The van der Waals surface area contributed by atoms with Crippen molar-refractivity contribution in [2.45, 2.75) is 71.8 Å². The first-order chi connectivity index (χ1) is 11.7. The lowest BCUT2D eigenvalue weighted by atomic mass is 9.43. The number of fused-ring (bicyclic) bond motifs is 5. The van der Waals surface area contributed by atoms with Gasteiger partial charge in [0, 0.05) is 23.7 Å². The number of allylic oxidation sites excluding steroid dienone is 1. The van der Waals surface area contributed by atoms with E-state index in [1.54, 1.807) is 6.92 Å². The zero-order chi connectivity index (χ0) is 18.1. The van der Waals surface area contributed by atoms with Crippen molar-refractivity contribution < 1.29 is 14.7 Å². The van der Waals surface area contributed by atoms with Crippen molar-refractivity contribution >= 4 is 11.6 Å². The van der Waals surface area contributed by atoms with Gasteiger partial charge < -0.3 is 5.11 Å². The highest BCUT2D eigenvalue weighted by Crippen LogP contribution is 2.67. The van der Waals surface area contributed by atoms with Crippen molar-refractivity contribution in [2.75, 3.05) is 0 Å². The minimum atomic E-state index is -0.361. The van der Waals surface area contributed by atoms with Gasteiger partial charge in [-0.3, -0.25) is 9.59 Å². The summed E-state index contributed by atoms with van der Waals surface area (Å²) >= 11 is 0. The Morgan fingerprint density at radius 3 is 2.60 bits per heavy atom. The van der Waals surface area contributed by atoms with E-state index < -0.39 is 0 Å². The van der Waals surface area contributed by atoms with Crippen LogP contribution in [0.2, 0.25) is 0 Å². The molecule has 0 amide bonds. The molecule has 4 aliphatic carbocycles. The van der Waals surface area contributed by atoms with Crippen molar-refractivity contribution in [3.63, 3.8) is 0 Å². The average Bonchev–Trinajstić information content (AvgIpc) is 2.78. The minimum absolute atomic E-state index is 0.0295. The Hall–Kier alpha value is -0.960. The quantitative estimate of drug-likeness (QED) is 0.733. The van der Waals surface area contributed by atoms with E-state index in [-0.39, 0.29) is 34.6 Å². The third kappa shape index (κ3) is 2.14. The van der Waals surface area contributed by atoms with E-state index in [4.69, 9.17) is 0 Å². The van der Waals surface area contributed by atoms with Gasteiger partial charge in [-0.05, 0) is 62.2 Å². The second-order valence-electron chi connectivity index (χ2n) is 9.89. The van der Waals surface area contributed by atoms with Gasteiger partial charge in [0.15, 0.2) is 0 Å².